The van der Waals surface area contributed by atoms with Gasteiger partial charge in [0.2, 0.25) is 0 Å². The van der Waals surface area contributed by atoms with E-state index in [2.05, 4.69) is 6.92 Å². The first-order valence-corrected chi connectivity index (χ1v) is 11.4. The highest BCUT2D eigenvalue weighted by molar-refractivity contribution is 6.34. The van der Waals surface area contributed by atoms with Gasteiger partial charge in [0.1, 0.15) is 0 Å². The van der Waals surface area contributed by atoms with Crippen LogP contribution in [0, 0.1) is 0 Å². The summed E-state index contributed by atoms with van der Waals surface area (Å²) in [5.74, 6) is -1.07. The third-order valence-corrected chi connectivity index (χ3v) is 5.64. The van der Waals surface area contributed by atoms with Gasteiger partial charge in [0.15, 0.2) is 0 Å². The second-order valence-electron chi connectivity index (χ2n) is 8.00. The van der Waals surface area contributed by atoms with Crippen LogP contribution in [0.5, 0.6) is 0 Å². The number of nitrogens with zero attached hydrogens (tertiary/aromatic N) is 1. The van der Waals surface area contributed by atoms with Crippen molar-refractivity contribution < 1.29 is 19.1 Å². The molecule has 2 amide bonds. The summed E-state index contributed by atoms with van der Waals surface area (Å²) in [5, 5.41) is 0. The minimum absolute atomic E-state index is 0.346. The Balaban J connectivity index is 1.41. The molecular formula is C26H31NO4. The zero-order valence-electron chi connectivity index (χ0n) is 18.3. The Morgan fingerprint density at radius 2 is 1.26 bits per heavy atom. The number of fused-ring (bicyclic) bond motifs is 1. The van der Waals surface area contributed by atoms with Gasteiger partial charge in [0.25, 0.3) is 11.8 Å². The molecule has 0 saturated heterocycles. The van der Waals surface area contributed by atoms with Crippen LogP contribution in [-0.4, -0.2) is 24.4 Å². The minimum Gasteiger partial charge on any atom is -0.462 e. The molecule has 5 nitrogen and oxygen atoms in total. The molecule has 0 fully saturated rings. The summed E-state index contributed by atoms with van der Waals surface area (Å²) >= 11 is 0. The van der Waals surface area contributed by atoms with E-state index in [-0.39, 0.29) is 17.8 Å². The first kappa shape index (κ1) is 22.7. The van der Waals surface area contributed by atoms with Gasteiger partial charge in [-0.2, -0.15) is 0 Å². The molecule has 1 heterocycles. The van der Waals surface area contributed by atoms with Crippen molar-refractivity contribution in [1.29, 1.82) is 0 Å². The lowest BCUT2D eigenvalue weighted by atomic mass is 10.1. The van der Waals surface area contributed by atoms with Crippen molar-refractivity contribution in [3.8, 4) is 0 Å². The van der Waals surface area contributed by atoms with E-state index in [0.29, 0.717) is 29.0 Å². The molecule has 0 unspecified atom stereocenters. The molecule has 2 aromatic rings. The molecule has 2 aromatic carbocycles. The number of hydrogen-bond acceptors (Lipinski definition) is 4. The molecule has 3 rings (SSSR count). The number of ether oxygens (including phenoxy) is 1. The number of imide groups is 1. The number of benzene rings is 2. The summed E-state index contributed by atoms with van der Waals surface area (Å²) in [7, 11) is 0. The first-order chi connectivity index (χ1) is 15.1. The lowest BCUT2D eigenvalue weighted by molar-refractivity contribution is 0.0497. The molecule has 0 spiro atoms. The van der Waals surface area contributed by atoms with Crippen LogP contribution in [0.1, 0.15) is 95.8 Å². The molecule has 0 bridgehead atoms. The molecular weight excluding hydrogens is 390 g/mol. The molecule has 0 aromatic heterocycles. The van der Waals surface area contributed by atoms with Crippen LogP contribution in [0.4, 0.5) is 5.69 Å². The SMILES string of the molecule is CCCCCCCCCCCOC(=O)c1ccc(N2C(=O)c3ccccc3C2=O)cc1. The van der Waals surface area contributed by atoms with Gasteiger partial charge in [-0.3, -0.25) is 9.59 Å². The lowest BCUT2D eigenvalue weighted by Gasteiger charge is -2.14. The van der Waals surface area contributed by atoms with E-state index in [1.54, 1.807) is 48.5 Å². The first-order valence-electron chi connectivity index (χ1n) is 11.4. The van der Waals surface area contributed by atoms with Gasteiger partial charge in [-0.05, 0) is 42.8 Å². The molecule has 0 saturated carbocycles. The van der Waals surface area contributed by atoms with Gasteiger partial charge in [0, 0.05) is 0 Å². The van der Waals surface area contributed by atoms with Gasteiger partial charge in [-0.25, -0.2) is 9.69 Å². The van der Waals surface area contributed by atoms with Crippen LogP contribution in [-0.2, 0) is 4.74 Å². The van der Waals surface area contributed by atoms with Crippen molar-refractivity contribution in [2.45, 2.75) is 64.7 Å². The highest BCUT2D eigenvalue weighted by Gasteiger charge is 2.36. The standard InChI is InChI=1S/C26H31NO4/c1-2-3-4-5-6-7-8-9-12-19-31-26(30)20-15-17-21(18-16-20)27-24(28)22-13-10-11-14-23(22)25(27)29/h10-11,13-18H,2-9,12,19H2,1H3. The van der Waals surface area contributed by atoms with Crippen LogP contribution < -0.4 is 4.90 Å². The summed E-state index contributed by atoms with van der Waals surface area (Å²) in [6.07, 6.45) is 10.9. The van der Waals surface area contributed by atoms with E-state index >= 15 is 0 Å². The van der Waals surface area contributed by atoms with Crippen molar-refractivity contribution in [2.24, 2.45) is 0 Å². The van der Waals surface area contributed by atoms with Crippen LogP contribution in [0.25, 0.3) is 0 Å². The zero-order valence-corrected chi connectivity index (χ0v) is 18.3. The largest absolute Gasteiger partial charge is 0.462 e. The summed E-state index contributed by atoms with van der Waals surface area (Å²) in [6.45, 7) is 2.64. The number of esters is 1. The third-order valence-electron chi connectivity index (χ3n) is 5.64. The topological polar surface area (TPSA) is 63.7 Å². The summed E-state index contributed by atoms with van der Waals surface area (Å²) < 4.78 is 5.36. The molecule has 5 heteroatoms. The van der Waals surface area contributed by atoms with E-state index < -0.39 is 0 Å². The van der Waals surface area contributed by atoms with E-state index in [1.165, 1.54) is 44.9 Å². The zero-order chi connectivity index (χ0) is 22.1. The number of amides is 2. The smallest absolute Gasteiger partial charge is 0.338 e. The Hall–Kier alpha value is -2.95. The molecule has 0 aliphatic carbocycles. The maximum Gasteiger partial charge on any atom is 0.338 e. The van der Waals surface area contributed by atoms with Crippen LogP contribution in [0.15, 0.2) is 48.5 Å². The average molecular weight is 422 g/mol. The molecule has 31 heavy (non-hydrogen) atoms. The average Bonchev–Trinajstić information content (AvgIpc) is 3.05. The van der Waals surface area contributed by atoms with Gasteiger partial charge in [0.05, 0.1) is 29.0 Å². The van der Waals surface area contributed by atoms with Crippen LogP contribution in [0.2, 0.25) is 0 Å². The Labute approximate surface area is 184 Å². The number of carbonyl (C=O) groups excluding carboxylic acids is 3. The number of hydrogen-bond donors (Lipinski definition) is 0. The number of unbranched alkanes of at least 4 members (excludes halogenated alkanes) is 8. The van der Waals surface area contributed by atoms with Crippen LogP contribution >= 0.6 is 0 Å². The maximum absolute atomic E-state index is 12.6. The highest BCUT2D eigenvalue weighted by Crippen LogP contribution is 2.28. The molecule has 164 valence electrons. The molecule has 1 aliphatic heterocycles. The molecule has 0 radical (unpaired) electrons. The third kappa shape index (κ3) is 5.81. The Morgan fingerprint density at radius 3 is 1.81 bits per heavy atom. The minimum atomic E-state index is -0.381. The van der Waals surface area contributed by atoms with Gasteiger partial charge < -0.3 is 4.74 Å². The van der Waals surface area contributed by atoms with Crippen molar-refractivity contribution in [2.75, 3.05) is 11.5 Å². The number of carbonyl (C=O) groups is 3. The van der Waals surface area contributed by atoms with Crippen LogP contribution in [0.3, 0.4) is 0 Å². The van der Waals surface area contributed by atoms with Gasteiger partial charge in [-0.15, -0.1) is 0 Å². The Morgan fingerprint density at radius 1 is 0.742 bits per heavy atom. The predicted octanol–water partition coefficient (Wildman–Crippen LogP) is 6.17. The second kappa shape index (κ2) is 11.4. The van der Waals surface area contributed by atoms with Crippen molar-refractivity contribution >= 4 is 23.5 Å². The molecule has 0 N–H and O–H groups in total. The molecule has 1 aliphatic rings. The van der Waals surface area contributed by atoms with E-state index in [4.69, 9.17) is 4.74 Å². The van der Waals surface area contributed by atoms with Crippen molar-refractivity contribution in [3.63, 3.8) is 0 Å². The quantitative estimate of drug-likeness (QED) is 0.233. The fourth-order valence-corrected chi connectivity index (χ4v) is 3.83. The van der Waals surface area contributed by atoms with Crippen molar-refractivity contribution in [3.05, 3.63) is 65.2 Å². The fourth-order valence-electron chi connectivity index (χ4n) is 3.83. The predicted molar refractivity (Wildman–Crippen MR) is 122 cm³/mol. The maximum atomic E-state index is 12.6. The summed E-state index contributed by atoms with van der Waals surface area (Å²) in [6, 6.07) is 13.2. The van der Waals surface area contributed by atoms with E-state index in [1.807, 2.05) is 0 Å². The second-order valence-corrected chi connectivity index (χ2v) is 8.00. The van der Waals surface area contributed by atoms with Gasteiger partial charge in [-0.1, -0.05) is 70.4 Å². The van der Waals surface area contributed by atoms with Crippen molar-refractivity contribution in [1.82, 2.24) is 0 Å². The normalized spacial score (nSPS) is 12.9. The Kier molecular flexibility index (Phi) is 8.39. The van der Waals surface area contributed by atoms with Gasteiger partial charge >= 0.3 is 5.97 Å². The highest BCUT2D eigenvalue weighted by atomic mass is 16.5. The summed E-state index contributed by atoms with van der Waals surface area (Å²) in [4.78, 5) is 38.5. The molecule has 0 atom stereocenters. The Bertz CT molecular complexity index is 869. The van der Waals surface area contributed by atoms with E-state index in [0.717, 1.165) is 17.7 Å². The monoisotopic (exact) mass is 421 g/mol. The van der Waals surface area contributed by atoms with E-state index in [9.17, 15) is 14.4 Å². The summed E-state index contributed by atoms with van der Waals surface area (Å²) in [5.41, 5.74) is 1.66. The number of anilines is 1. The fraction of sp³-hybridized carbons (Fsp3) is 0.423. The number of rotatable bonds is 12. The lowest BCUT2D eigenvalue weighted by Crippen LogP contribution is -2.29.